The third kappa shape index (κ3) is 56.7. The molecule has 1 unspecified atom stereocenters. The van der Waals surface area contributed by atoms with E-state index < -0.39 is 6.10 Å². The Labute approximate surface area is 443 Å². The van der Waals surface area contributed by atoms with Crippen molar-refractivity contribution in [1.82, 2.24) is 0 Å². The highest BCUT2D eigenvalue weighted by molar-refractivity contribution is 5.71. The molecule has 0 aromatic rings. The average molecular weight is 998 g/mol. The summed E-state index contributed by atoms with van der Waals surface area (Å²) in [6.45, 7) is 6.43. The summed E-state index contributed by atoms with van der Waals surface area (Å²) in [5, 5.41) is 0. The highest BCUT2D eigenvalue weighted by atomic mass is 16.6. The summed E-state index contributed by atoms with van der Waals surface area (Å²) in [5.74, 6) is -0.963. The van der Waals surface area contributed by atoms with Crippen molar-refractivity contribution < 1.29 is 28.6 Å². The number of esters is 3. The van der Waals surface area contributed by atoms with E-state index in [1.807, 2.05) is 0 Å². The standard InChI is InChI=1S/C66H108O6/c1-4-7-10-13-16-19-22-25-28-31-33-35-38-41-44-47-50-53-56-59-65(68)71-62-63(61-70-64(67)58-55-52-49-46-43-40-37-30-27-24-21-18-15-12-9-6-3)72-66(69)60-57-54-51-48-45-42-39-36-34-32-29-26-23-20-17-14-11-8-5-2/h7,10,16-17,19-21,24-26,28-30,33-37,41,44,63H,4-6,8-9,11-15,18,22-23,27,31-32,38-40,42-43,45-62H2,1-3H3/b10-7-,19-16-,20-17-,24-21-,28-25-,29-26-,35-33-,36-34-,37-30-,44-41-. The Kier molecular flexibility index (Phi) is 55.9. The maximum Gasteiger partial charge on any atom is 0.306 e. The minimum absolute atomic E-state index is 0.104. The smallest absolute Gasteiger partial charge is 0.306 e. The zero-order valence-corrected chi connectivity index (χ0v) is 46.7. The predicted molar refractivity (Wildman–Crippen MR) is 311 cm³/mol. The molecule has 408 valence electrons. The molecule has 6 heteroatoms. The van der Waals surface area contributed by atoms with Gasteiger partial charge < -0.3 is 14.2 Å². The van der Waals surface area contributed by atoms with Gasteiger partial charge >= 0.3 is 17.9 Å². The Morgan fingerprint density at radius 2 is 0.542 bits per heavy atom. The summed E-state index contributed by atoms with van der Waals surface area (Å²) in [4.78, 5) is 38.2. The van der Waals surface area contributed by atoms with Gasteiger partial charge in [0.25, 0.3) is 0 Å². The summed E-state index contributed by atoms with van der Waals surface area (Å²) in [7, 11) is 0. The molecule has 0 aliphatic carbocycles. The Hall–Kier alpha value is -4.19. The van der Waals surface area contributed by atoms with Gasteiger partial charge in [0.1, 0.15) is 13.2 Å². The minimum Gasteiger partial charge on any atom is -0.462 e. The van der Waals surface area contributed by atoms with E-state index in [1.54, 1.807) is 0 Å². The highest BCUT2D eigenvalue weighted by Gasteiger charge is 2.19. The summed E-state index contributed by atoms with van der Waals surface area (Å²) in [5.41, 5.74) is 0. The molecule has 0 rings (SSSR count). The lowest BCUT2D eigenvalue weighted by molar-refractivity contribution is -0.167. The lowest BCUT2D eigenvalue weighted by Crippen LogP contribution is -2.30. The number of carbonyl (C=O) groups excluding carboxylic acids is 3. The first kappa shape index (κ1) is 67.8. The average Bonchev–Trinajstić information content (AvgIpc) is 3.38. The van der Waals surface area contributed by atoms with Crippen LogP contribution < -0.4 is 0 Å². The molecule has 0 aliphatic heterocycles. The summed E-state index contributed by atoms with van der Waals surface area (Å²) in [6, 6.07) is 0. The van der Waals surface area contributed by atoms with Gasteiger partial charge in [-0.15, -0.1) is 0 Å². The second-order valence-corrected chi connectivity index (χ2v) is 19.2. The van der Waals surface area contributed by atoms with Gasteiger partial charge in [0.05, 0.1) is 0 Å². The van der Waals surface area contributed by atoms with Gasteiger partial charge in [-0.1, -0.05) is 226 Å². The zero-order chi connectivity index (χ0) is 52.2. The van der Waals surface area contributed by atoms with Crippen molar-refractivity contribution in [2.45, 2.75) is 264 Å². The largest absolute Gasteiger partial charge is 0.462 e. The molecule has 1 atom stereocenters. The third-order valence-corrected chi connectivity index (χ3v) is 12.2. The Morgan fingerprint density at radius 3 is 0.889 bits per heavy atom. The van der Waals surface area contributed by atoms with E-state index in [2.05, 4.69) is 142 Å². The number of hydrogen-bond acceptors (Lipinski definition) is 6. The monoisotopic (exact) mass is 997 g/mol. The second kappa shape index (κ2) is 59.4. The van der Waals surface area contributed by atoms with E-state index in [0.717, 1.165) is 148 Å². The molecule has 0 saturated heterocycles. The number of rotatable bonds is 52. The van der Waals surface area contributed by atoms with E-state index in [-0.39, 0.29) is 31.1 Å². The van der Waals surface area contributed by atoms with E-state index in [4.69, 9.17) is 14.2 Å². The maximum absolute atomic E-state index is 12.9. The number of hydrogen-bond donors (Lipinski definition) is 0. The topological polar surface area (TPSA) is 78.9 Å². The lowest BCUT2D eigenvalue weighted by Gasteiger charge is -2.18. The van der Waals surface area contributed by atoms with Crippen molar-refractivity contribution in [2.75, 3.05) is 13.2 Å². The third-order valence-electron chi connectivity index (χ3n) is 12.2. The second-order valence-electron chi connectivity index (χ2n) is 19.2. The van der Waals surface area contributed by atoms with Crippen molar-refractivity contribution >= 4 is 17.9 Å². The fraction of sp³-hybridized carbons (Fsp3) is 0.652. The van der Waals surface area contributed by atoms with Crippen LogP contribution in [-0.4, -0.2) is 37.2 Å². The van der Waals surface area contributed by atoms with E-state index in [1.165, 1.54) is 70.6 Å². The van der Waals surface area contributed by atoms with Gasteiger partial charge in [0.2, 0.25) is 0 Å². The first-order chi connectivity index (χ1) is 35.5. The van der Waals surface area contributed by atoms with Gasteiger partial charge in [-0.2, -0.15) is 0 Å². The fourth-order valence-electron chi connectivity index (χ4n) is 7.74. The molecule has 0 spiro atoms. The van der Waals surface area contributed by atoms with Crippen molar-refractivity contribution in [3.8, 4) is 0 Å². The van der Waals surface area contributed by atoms with Crippen LogP contribution in [-0.2, 0) is 28.6 Å². The summed E-state index contributed by atoms with van der Waals surface area (Å²) >= 11 is 0. The van der Waals surface area contributed by atoms with Crippen molar-refractivity contribution in [3.05, 3.63) is 122 Å². The van der Waals surface area contributed by atoms with E-state index in [9.17, 15) is 14.4 Å². The first-order valence-electron chi connectivity index (χ1n) is 29.5. The Morgan fingerprint density at radius 1 is 0.292 bits per heavy atom. The molecular weight excluding hydrogens is 889 g/mol. The van der Waals surface area contributed by atoms with Crippen LogP contribution in [0.2, 0.25) is 0 Å². The van der Waals surface area contributed by atoms with Crippen LogP contribution in [0, 0.1) is 0 Å². The summed E-state index contributed by atoms with van der Waals surface area (Å²) < 4.78 is 16.8. The van der Waals surface area contributed by atoms with Gasteiger partial charge in [0.15, 0.2) is 6.10 Å². The first-order valence-corrected chi connectivity index (χ1v) is 29.5. The van der Waals surface area contributed by atoms with Crippen LogP contribution in [0.1, 0.15) is 258 Å². The maximum atomic E-state index is 12.9. The van der Waals surface area contributed by atoms with Gasteiger partial charge in [-0.05, 0) is 135 Å². The molecule has 0 aromatic carbocycles. The molecule has 0 aliphatic rings. The molecule has 0 radical (unpaired) electrons. The molecule has 0 aromatic heterocycles. The molecule has 0 fully saturated rings. The van der Waals surface area contributed by atoms with Crippen molar-refractivity contribution in [3.63, 3.8) is 0 Å². The molecule has 0 amide bonds. The number of carbonyl (C=O) groups is 3. The van der Waals surface area contributed by atoms with Gasteiger partial charge in [0, 0.05) is 19.3 Å². The van der Waals surface area contributed by atoms with Crippen LogP contribution in [0.4, 0.5) is 0 Å². The lowest BCUT2D eigenvalue weighted by atomic mass is 10.1. The SMILES string of the molecule is CC/C=C\C/C=C\C/C=C\C/C=C\C/C=C\CCCCCC(=O)OCC(COC(=O)CCCCCCC/C=C\C/C=C\CCCCCC)OC(=O)CCCCCCCC/C=C\C/C=C\C/C=C\CCCCC. The normalized spacial score (nSPS) is 13.0. The number of unbranched alkanes of at least 4 members (excludes halogenated alkanes) is 21. The number of allylic oxidation sites excluding steroid dienone is 20. The molecule has 0 saturated carbocycles. The van der Waals surface area contributed by atoms with Crippen LogP contribution in [0.5, 0.6) is 0 Å². The van der Waals surface area contributed by atoms with Crippen molar-refractivity contribution in [2.24, 2.45) is 0 Å². The Balaban J connectivity index is 4.52. The predicted octanol–water partition coefficient (Wildman–Crippen LogP) is 20.0. The number of ether oxygens (including phenoxy) is 3. The molecule has 0 heterocycles. The van der Waals surface area contributed by atoms with Crippen LogP contribution in [0.15, 0.2) is 122 Å². The van der Waals surface area contributed by atoms with E-state index in [0.29, 0.717) is 19.3 Å². The van der Waals surface area contributed by atoms with E-state index >= 15 is 0 Å². The molecule has 72 heavy (non-hydrogen) atoms. The fourth-order valence-corrected chi connectivity index (χ4v) is 7.74. The molecule has 6 nitrogen and oxygen atoms in total. The summed E-state index contributed by atoms with van der Waals surface area (Å²) in [6.07, 6.45) is 81.8. The van der Waals surface area contributed by atoms with Gasteiger partial charge in [-0.25, -0.2) is 0 Å². The van der Waals surface area contributed by atoms with Crippen LogP contribution in [0.25, 0.3) is 0 Å². The quantitative estimate of drug-likeness (QED) is 0.0261. The van der Waals surface area contributed by atoms with Gasteiger partial charge in [-0.3, -0.25) is 14.4 Å². The molecular formula is C66H108O6. The molecule has 0 bridgehead atoms. The van der Waals surface area contributed by atoms with Crippen LogP contribution >= 0.6 is 0 Å². The highest BCUT2D eigenvalue weighted by Crippen LogP contribution is 2.13. The molecule has 0 N–H and O–H groups in total. The zero-order valence-electron chi connectivity index (χ0n) is 46.7. The van der Waals surface area contributed by atoms with Crippen LogP contribution in [0.3, 0.4) is 0 Å². The minimum atomic E-state index is -0.809. The Bertz CT molecular complexity index is 1520. The van der Waals surface area contributed by atoms with Crippen molar-refractivity contribution in [1.29, 1.82) is 0 Å².